The number of hydrogen-bond acceptors (Lipinski definition) is 2. The molecular formula is C13H19AuN2. The smallest absolute Gasteiger partial charge is 0.500 e. The molecule has 1 aromatic rings. The zero-order valence-electron chi connectivity index (χ0n) is 10.2. The van der Waals surface area contributed by atoms with Crippen LogP contribution >= 0.6 is 0 Å². The number of anilines is 2. The van der Waals surface area contributed by atoms with Crippen LogP contribution in [0.2, 0.25) is 0 Å². The van der Waals surface area contributed by atoms with Crippen molar-refractivity contribution in [1.82, 2.24) is 0 Å². The Hall–Kier alpha value is -0.440. The molecule has 1 heterocycles. The SMILES string of the molecule is CC(C)N1[CH-]N(C(C)C)c2ccccc21.[Au+]. The topological polar surface area (TPSA) is 6.48 Å². The van der Waals surface area contributed by atoms with E-state index < -0.39 is 0 Å². The largest absolute Gasteiger partial charge is 1.00 e. The first-order valence-electron chi connectivity index (χ1n) is 5.62. The summed E-state index contributed by atoms with van der Waals surface area (Å²) in [4.78, 5) is 4.66. The van der Waals surface area contributed by atoms with Crippen LogP contribution in [-0.2, 0) is 22.4 Å². The summed E-state index contributed by atoms with van der Waals surface area (Å²) < 4.78 is 0. The van der Waals surface area contributed by atoms with Gasteiger partial charge < -0.3 is 9.80 Å². The van der Waals surface area contributed by atoms with Gasteiger partial charge in [-0.3, -0.25) is 0 Å². The van der Waals surface area contributed by atoms with E-state index in [-0.39, 0.29) is 22.4 Å². The van der Waals surface area contributed by atoms with Crippen LogP contribution in [0.15, 0.2) is 24.3 Å². The molecule has 1 aromatic carbocycles. The van der Waals surface area contributed by atoms with E-state index >= 15 is 0 Å². The van der Waals surface area contributed by atoms with Crippen molar-refractivity contribution in [2.45, 2.75) is 39.8 Å². The summed E-state index contributed by atoms with van der Waals surface area (Å²) in [5.74, 6) is 0. The molecule has 1 aliphatic heterocycles. The van der Waals surface area contributed by atoms with Crippen molar-refractivity contribution < 1.29 is 22.4 Å². The average Bonchev–Trinajstić information content (AvgIpc) is 2.56. The molecule has 0 radical (unpaired) electrons. The molecule has 0 unspecified atom stereocenters. The van der Waals surface area contributed by atoms with Crippen molar-refractivity contribution in [1.29, 1.82) is 0 Å². The third-order valence-electron chi connectivity index (χ3n) is 2.80. The van der Waals surface area contributed by atoms with Crippen molar-refractivity contribution in [3.63, 3.8) is 0 Å². The minimum atomic E-state index is 0. The second kappa shape index (κ2) is 5.26. The molecule has 1 aliphatic rings. The Morgan fingerprint density at radius 1 is 0.875 bits per heavy atom. The van der Waals surface area contributed by atoms with Gasteiger partial charge in [-0.2, -0.15) is 6.67 Å². The first-order valence-corrected chi connectivity index (χ1v) is 5.62. The van der Waals surface area contributed by atoms with Crippen LogP contribution < -0.4 is 9.80 Å². The molecule has 0 fully saturated rings. The molecule has 0 bridgehead atoms. The maximum absolute atomic E-state index is 2.33. The third kappa shape index (κ3) is 2.29. The van der Waals surface area contributed by atoms with Gasteiger partial charge in [0.15, 0.2) is 0 Å². The summed E-state index contributed by atoms with van der Waals surface area (Å²) in [6.45, 7) is 11.1. The molecule has 3 heteroatoms. The van der Waals surface area contributed by atoms with Crippen LogP contribution in [0.3, 0.4) is 0 Å². The predicted molar refractivity (Wildman–Crippen MR) is 66.0 cm³/mol. The van der Waals surface area contributed by atoms with Crippen molar-refractivity contribution >= 4 is 11.4 Å². The number of benzene rings is 1. The predicted octanol–water partition coefficient (Wildman–Crippen LogP) is 3.25. The monoisotopic (exact) mass is 400 g/mol. The maximum atomic E-state index is 2.33. The minimum Gasteiger partial charge on any atom is -0.500 e. The van der Waals surface area contributed by atoms with E-state index in [4.69, 9.17) is 0 Å². The average molecular weight is 400 g/mol. The molecule has 0 N–H and O–H groups in total. The Morgan fingerprint density at radius 3 is 1.56 bits per heavy atom. The molecule has 0 aromatic heterocycles. The maximum Gasteiger partial charge on any atom is 1.00 e. The van der Waals surface area contributed by atoms with Gasteiger partial charge in [-0.1, -0.05) is 12.1 Å². The van der Waals surface area contributed by atoms with Crippen molar-refractivity contribution in [2.24, 2.45) is 0 Å². The van der Waals surface area contributed by atoms with Gasteiger partial charge in [-0.15, -0.1) is 0 Å². The second-order valence-corrected chi connectivity index (χ2v) is 4.61. The summed E-state index contributed by atoms with van der Waals surface area (Å²) in [6.07, 6.45) is 0. The van der Waals surface area contributed by atoms with E-state index in [9.17, 15) is 0 Å². The number of rotatable bonds is 2. The van der Waals surface area contributed by atoms with Crippen molar-refractivity contribution in [3.8, 4) is 0 Å². The fraction of sp³-hybridized carbons (Fsp3) is 0.462. The standard InChI is InChI=1S/C13H19N2.Au/c1-10(2)14-9-15(11(3)4)13-8-6-5-7-12(13)14;/h5-11H,1-4H3;/q-1;+1. The van der Waals surface area contributed by atoms with E-state index in [2.05, 4.69) is 68.4 Å². The van der Waals surface area contributed by atoms with Gasteiger partial charge in [0.25, 0.3) is 0 Å². The van der Waals surface area contributed by atoms with Crippen LogP contribution in [0.25, 0.3) is 0 Å². The normalized spacial score (nSPS) is 14.4. The molecule has 0 saturated carbocycles. The first kappa shape index (κ1) is 13.6. The molecule has 2 nitrogen and oxygen atoms in total. The van der Waals surface area contributed by atoms with E-state index in [0.717, 1.165) is 0 Å². The van der Waals surface area contributed by atoms with Crippen LogP contribution in [0, 0.1) is 6.67 Å². The van der Waals surface area contributed by atoms with Gasteiger partial charge in [0, 0.05) is 11.4 Å². The van der Waals surface area contributed by atoms with Gasteiger partial charge in [0.05, 0.1) is 0 Å². The second-order valence-electron chi connectivity index (χ2n) is 4.61. The van der Waals surface area contributed by atoms with E-state index in [1.165, 1.54) is 11.4 Å². The molecule has 0 saturated heterocycles. The number of nitrogens with zero attached hydrogens (tertiary/aromatic N) is 2. The molecule has 16 heavy (non-hydrogen) atoms. The van der Waals surface area contributed by atoms with E-state index in [1.807, 2.05) is 0 Å². The molecule has 92 valence electrons. The molecule has 0 atom stereocenters. The molecule has 2 rings (SSSR count). The zero-order chi connectivity index (χ0) is 11.0. The Morgan fingerprint density at radius 2 is 1.25 bits per heavy atom. The van der Waals surface area contributed by atoms with Crippen LogP contribution in [0.4, 0.5) is 11.4 Å². The first-order chi connectivity index (χ1) is 7.11. The Kier molecular flexibility index (Phi) is 4.48. The van der Waals surface area contributed by atoms with Crippen LogP contribution in [0.1, 0.15) is 27.7 Å². The van der Waals surface area contributed by atoms with Crippen molar-refractivity contribution in [3.05, 3.63) is 30.9 Å². The summed E-state index contributed by atoms with van der Waals surface area (Å²) in [5, 5.41) is 0. The molecule has 0 amide bonds. The van der Waals surface area contributed by atoms with Gasteiger partial charge in [-0.25, -0.2) is 0 Å². The van der Waals surface area contributed by atoms with Gasteiger partial charge in [-0.05, 0) is 51.9 Å². The Labute approximate surface area is 114 Å². The van der Waals surface area contributed by atoms with Crippen molar-refractivity contribution in [2.75, 3.05) is 9.80 Å². The summed E-state index contributed by atoms with van der Waals surface area (Å²) in [6, 6.07) is 9.60. The van der Waals surface area contributed by atoms with Gasteiger partial charge >= 0.3 is 22.4 Å². The summed E-state index contributed by atoms with van der Waals surface area (Å²) in [7, 11) is 0. The number of hydrogen-bond donors (Lipinski definition) is 0. The molecular weight excluding hydrogens is 381 g/mol. The number of fused-ring (bicyclic) bond motifs is 1. The molecule has 0 aliphatic carbocycles. The Bertz CT molecular complexity index is 317. The minimum absolute atomic E-state index is 0. The molecule has 0 spiro atoms. The number of para-hydroxylation sites is 2. The Balaban J connectivity index is 0.00000128. The summed E-state index contributed by atoms with van der Waals surface area (Å²) in [5.41, 5.74) is 2.64. The van der Waals surface area contributed by atoms with Gasteiger partial charge in [0.1, 0.15) is 0 Å². The zero-order valence-corrected chi connectivity index (χ0v) is 12.4. The van der Waals surface area contributed by atoms with E-state index in [1.54, 1.807) is 0 Å². The fourth-order valence-corrected chi connectivity index (χ4v) is 1.98. The third-order valence-corrected chi connectivity index (χ3v) is 2.80. The van der Waals surface area contributed by atoms with E-state index in [0.29, 0.717) is 12.1 Å². The van der Waals surface area contributed by atoms with Crippen LogP contribution in [0.5, 0.6) is 0 Å². The summed E-state index contributed by atoms with van der Waals surface area (Å²) >= 11 is 0. The van der Waals surface area contributed by atoms with Crippen LogP contribution in [-0.4, -0.2) is 12.1 Å². The fourth-order valence-electron chi connectivity index (χ4n) is 1.98. The quantitative estimate of drug-likeness (QED) is 0.556. The van der Waals surface area contributed by atoms with Gasteiger partial charge in [0.2, 0.25) is 0 Å².